The molecule has 0 spiro atoms. The van der Waals surface area contributed by atoms with Gasteiger partial charge in [0.15, 0.2) is 6.29 Å². The summed E-state index contributed by atoms with van der Waals surface area (Å²) < 4.78 is 10.8. The molecule has 1 fully saturated rings. The maximum Gasteiger partial charge on any atom is 0.157 e. The predicted octanol–water partition coefficient (Wildman–Crippen LogP) is 3.89. The molecule has 0 N–H and O–H groups in total. The third-order valence-electron chi connectivity index (χ3n) is 2.98. The first-order chi connectivity index (χ1) is 7.43. The van der Waals surface area contributed by atoms with Crippen molar-refractivity contribution in [2.24, 2.45) is 0 Å². The van der Waals surface area contributed by atoms with Crippen LogP contribution in [0.25, 0.3) is 0 Å². The number of rotatable bonds is 9. The van der Waals surface area contributed by atoms with Crippen molar-refractivity contribution in [3.8, 4) is 0 Å². The van der Waals surface area contributed by atoms with Crippen molar-refractivity contribution in [1.82, 2.24) is 0 Å². The number of hydrogen-bond donors (Lipinski definition) is 0. The molecule has 0 saturated carbocycles. The van der Waals surface area contributed by atoms with Crippen LogP contribution in [0.3, 0.4) is 0 Å². The molecule has 0 aliphatic carbocycles. The van der Waals surface area contributed by atoms with Crippen molar-refractivity contribution in [2.45, 2.75) is 71.0 Å². The molecule has 1 saturated heterocycles. The Bertz CT molecular complexity index is 130. The van der Waals surface area contributed by atoms with Gasteiger partial charge in [-0.2, -0.15) is 0 Å². The van der Waals surface area contributed by atoms with Crippen LogP contribution in [-0.2, 0) is 9.47 Å². The molecule has 0 atom stereocenters. The van der Waals surface area contributed by atoms with Gasteiger partial charge in [0.25, 0.3) is 0 Å². The highest BCUT2D eigenvalue weighted by Crippen LogP contribution is 2.14. The van der Waals surface area contributed by atoms with E-state index in [0.717, 1.165) is 19.6 Å². The highest BCUT2D eigenvalue weighted by Gasteiger charge is 2.14. The first-order valence-electron chi connectivity index (χ1n) is 6.66. The summed E-state index contributed by atoms with van der Waals surface area (Å²) in [5, 5.41) is 0. The van der Waals surface area contributed by atoms with Crippen LogP contribution in [0.4, 0.5) is 0 Å². The summed E-state index contributed by atoms with van der Waals surface area (Å²) in [7, 11) is 0. The van der Waals surface area contributed by atoms with E-state index in [4.69, 9.17) is 9.47 Å². The Kier molecular flexibility index (Phi) is 7.94. The van der Waals surface area contributed by atoms with E-state index in [1.807, 2.05) is 0 Å². The summed E-state index contributed by atoms with van der Waals surface area (Å²) in [4.78, 5) is 0. The van der Waals surface area contributed by atoms with Gasteiger partial charge in [0.1, 0.15) is 0 Å². The fraction of sp³-hybridized carbons (Fsp3) is 1.00. The molecular formula is C13H26O2. The number of unbranched alkanes of at least 4 members (excludes halogenated alkanes) is 7. The second kappa shape index (κ2) is 9.17. The molecule has 0 aromatic rings. The van der Waals surface area contributed by atoms with Crippen molar-refractivity contribution in [2.75, 3.05) is 13.2 Å². The van der Waals surface area contributed by atoms with E-state index in [0.29, 0.717) is 0 Å². The maximum atomic E-state index is 5.39. The van der Waals surface area contributed by atoms with Crippen LogP contribution in [-0.4, -0.2) is 19.5 Å². The fourth-order valence-corrected chi connectivity index (χ4v) is 2.02. The van der Waals surface area contributed by atoms with E-state index in [1.165, 1.54) is 51.4 Å². The maximum absolute atomic E-state index is 5.39. The quantitative estimate of drug-likeness (QED) is 0.542. The van der Waals surface area contributed by atoms with Crippen molar-refractivity contribution in [3.05, 3.63) is 0 Å². The zero-order valence-electron chi connectivity index (χ0n) is 10.2. The minimum Gasteiger partial charge on any atom is -0.350 e. The van der Waals surface area contributed by atoms with Crippen molar-refractivity contribution < 1.29 is 9.47 Å². The minimum absolute atomic E-state index is 0.116. The lowest BCUT2D eigenvalue weighted by atomic mass is 10.1. The zero-order chi connectivity index (χ0) is 10.8. The van der Waals surface area contributed by atoms with E-state index >= 15 is 0 Å². The molecule has 15 heavy (non-hydrogen) atoms. The Hall–Kier alpha value is -0.0800. The van der Waals surface area contributed by atoms with Gasteiger partial charge < -0.3 is 9.47 Å². The van der Waals surface area contributed by atoms with E-state index in [-0.39, 0.29) is 6.29 Å². The van der Waals surface area contributed by atoms with Gasteiger partial charge in [0.05, 0.1) is 13.2 Å². The van der Waals surface area contributed by atoms with E-state index in [2.05, 4.69) is 6.92 Å². The summed E-state index contributed by atoms with van der Waals surface area (Å²) in [6.07, 6.45) is 12.2. The van der Waals surface area contributed by atoms with Crippen molar-refractivity contribution in [1.29, 1.82) is 0 Å². The summed E-state index contributed by atoms with van der Waals surface area (Å²) in [5.41, 5.74) is 0. The molecule has 0 radical (unpaired) electrons. The third kappa shape index (κ3) is 6.91. The topological polar surface area (TPSA) is 18.5 Å². The molecule has 1 heterocycles. The van der Waals surface area contributed by atoms with E-state index < -0.39 is 0 Å². The SMILES string of the molecule is CCCCCCCCCCC1OCCO1. The standard InChI is InChI=1S/C13H26O2/c1-2-3-4-5-6-7-8-9-10-13-14-11-12-15-13/h13H,2-12H2,1H3. The van der Waals surface area contributed by atoms with E-state index in [1.54, 1.807) is 0 Å². The molecule has 2 heteroatoms. The number of hydrogen-bond acceptors (Lipinski definition) is 2. The first-order valence-corrected chi connectivity index (χ1v) is 6.66. The van der Waals surface area contributed by atoms with Crippen LogP contribution in [0.15, 0.2) is 0 Å². The fourth-order valence-electron chi connectivity index (χ4n) is 2.02. The molecule has 0 unspecified atom stereocenters. The van der Waals surface area contributed by atoms with Crippen LogP contribution in [0.5, 0.6) is 0 Å². The highest BCUT2D eigenvalue weighted by atomic mass is 16.7. The largest absolute Gasteiger partial charge is 0.350 e. The zero-order valence-corrected chi connectivity index (χ0v) is 10.2. The second-order valence-electron chi connectivity index (χ2n) is 4.43. The lowest BCUT2D eigenvalue weighted by Crippen LogP contribution is -2.06. The molecule has 2 nitrogen and oxygen atoms in total. The average molecular weight is 214 g/mol. The van der Waals surface area contributed by atoms with Crippen LogP contribution in [0, 0.1) is 0 Å². The summed E-state index contributed by atoms with van der Waals surface area (Å²) in [6, 6.07) is 0. The first kappa shape index (κ1) is 13.0. The molecule has 1 aliphatic heterocycles. The Labute approximate surface area is 94.3 Å². The molecule has 90 valence electrons. The van der Waals surface area contributed by atoms with Gasteiger partial charge in [-0.15, -0.1) is 0 Å². The Morgan fingerprint density at radius 1 is 0.800 bits per heavy atom. The lowest BCUT2D eigenvalue weighted by molar-refractivity contribution is -0.0480. The summed E-state index contributed by atoms with van der Waals surface area (Å²) in [5.74, 6) is 0. The minimum atomic E-state index is 0.116. The highest BCUT2D eigenvalue weighted by molar-refractivity contribution is 4.53. The van der Waals surface area contributed by atoms with Crippen LogP contribution in [0.2, 0.25) is 0 Å². The smallest absolute Gasteiger partial charge is 0.157 e. The van der Waals surface area contributed by atoms with Gasteiger partial charge in [-0.05, 0) is 12.8 Å². The van der Waals surface area contributed by atoms with Gasteiger partial charge in [0.2, 0.25) is 0 Å². The second-order valence-corrected chi connectivity index (χ2v) is 4.43. The Balaban J connectivity index is 1.73. The molecule has 0 bridgehead atoms. The molecule has 0 amide bonds. The molecule has 0 aromatic carbocycles. The molecule has 0 aromatic heterocycles. The van der Waals surface area contributed by atoms with Crippen molar-refractivity contribution in [3.63, 3.8) is 0 Å². The van der Waals surface area contributed by atoms with Gasteiger partial charge in [-0.25, -0.2) is 0 Å². The normalized spacial score (nSPS) is 17.4. The summed E-state index contributed by atoms with van der Waals surface area (Å²) in [6.45, 7) is 3.85. The van der Waals surface area contributed by atoms with Crippen LogP contribution >= 0.6 is 0 Å². The van der Waals surface area contributed by atoms with Crippen LogP contribution < -0.4 is 0 Å². The molecule has 1 aliphatic rings. The number of ether oxygens (including phenoxy) is 2. The Morgan fingerprint density at radius 2 is 1.33 bits per heavy atom. The average Bonchev–Trinajstić information content (AvgIpc) is 2.75. The monoisotopic (exact) mass is 214 g/mol. The van der Waals surface area contributed by atoms with Gasteiger partial charge in [-0.1, -0.05) is 51.9 Å². The Morgan fingerprint density at radius 3 is 1.93 bits per heavy atom. The van der Waals surface area contributed by atoms with Gasteiger partial charge >= 0.3 is 0 Å². The van der Waals surface area contributed by atoms with E-state index in [9.17, 15) is 0 Å². The van der Waals surface area contributed by atoms with Gasteiger partial charge in [0, 0.05) is 0 Å². The predicted molar refractivity (Wildman–Crippen MR) is 62.9 cm³/mol. The molecule has 1 rings (SSSR count). The molecular weight excluding hydrogens is 188 g/mol. The van der Waals surface area contributed by atoms with Gasteiger partial charge in [-0.3, -0.25) is 0 Å². The third-order valence-corrected chi connectivity index (χ3v) is 2.98. The summed E-state index contributed by atoms with van der Waals surface area (Å²) >= 11 is 0. The lowest BCUT2D eigenvalue weighted by Gasteiger charge is -2.07. The van der Waals surface area contributed by atoms with Crippen molar-refractivity contribution >= 4 is 0 Å². The van der Waals surface area contributed by atoms with Crippen LogP contribution in [0.1, 0.15) is 64.7 Å².